The van der Waals surface area contributed by atoms with Gasteiger partial charge in [0.05, 0.1) is 0 Å². The highest BCUT2D eigenvalue weighted by molar-refractivity contribution is 7.51. The molecule has 2 rings (SSSR count). The number of anilines is 1. The number of unbranched alkanes of at least 4 members (excludes halogenated alkanes) is 1. The summed E-state index contributed by atoms with van der Waals surface area (Å²) in [5.41, 5.74) is 6.54. The quantitative estimate of drug-likeness (QED) is 0.490. The molecule has 0 spiro atoms. The molecule has 9 nitrogen and oxygen atoms in total. The second-order valence-corrected chi connectivity index (χ2v) is 5.71. The molecule has 0 aromatic carbocycles. The van der Waals surface area contributed by atoms with Gasteiger partial charge in [-0.1, -0.05) is 0 Å². The lowest BCUT2D eigenvalue weighted by Gasteiger charge is -2.07. The minimum Gasteiger partial charge on any atom is -0.411 e. The van der Waals surface area contributed by atoms with E-state index in [4.69, 9.17) is 20.4 Å². The van der Waals surface area contributed by atoms with Gasteiger partial charge in [-0.25, -0.2) is 15.0 Å². The molecule has 4 N–H and O–H groups in total. The van der Waals surface area contributed by atoms with Gasteiger partial charge in [-0.2, -0.15) is 4.73 Å². The number of hydrogen-bond acceptors (Lipinski definition) is 6. The Morgan fingerprint density at radius 1 is 1.32 bits per heavy atom. The van der Waals surface area contributed by atoms with Gasteiger partial charge in [0.2, 0.25) is 5.65 Å². The molecule has 0 saturated heterocycles. The van der Waals surface area contributed by atoms with E-state index in [1.165, 1.54) is 17.4 Å². The average molecular weight is 287 g/mol. The summed E-state index contributed by atoms with van der Waals surface area (Å²) in [6.07, 6.45) is 3.50. The summed E-state index contributed by atoms with van der Waals surface area (Å²) in [6.45, 7) is 0.301. The van der Waals surface area contributed by atoms with E-state index in [9.17, 15) is 4.57 Å². The summed E-state index contributed by atoms with van der Waals surface area (Å²) in [6, 6.07) is 0. The Bertz CT molecular complexity index is 610. The lowest BCUT2D eigenvalue weighted by molar-refractivity contribution is 0.115. The second-order valence-electron chi connectivity index (χ2n) is 3.93. The third-order valence-electron chi connectivity index (χ3n) is 2.41. The van der Waals surface area contributed by atoms with Crippen molar-refractivity contribution in [1.82, 2.24) is 19.7 Å². The van der Waals surface area contributed by atoms with Crippen LogP contribution in [-0.2, 0) is 4.57 Å². The Morgan fingerprint density at radius 2 is 2.11 bits per heavy atom. The minimum absolute atomic E-state index is 0.143. The van der Waals surface area contributed by atoms with Crippen molar-refractivity contribution in [2.24, 2.45) is 0 Å². The summed E-state index contributed by atoms with van der Waals surface area (Å²) in [5.74, 6) is 0.272. The normalized spacial score (nSPS) is 11.9. The average Bonchev–Trinajstić information content (AvgIpc) is 2.72. The van der Waals surface area contributed by atoms with Crippen LogP contribution in [0.15, 0.2) is 12.7 Å². The summed E-state index contributed by atoms with van der Waals surface area (Å²) in [4.78, 5) is 34.6. The van der Waals surface area contributed by atoms with E-state index < -0.39 is 7.60 Å². The Hall–Kier alpha value is -1.70. The van der Waals surface area contributed by atoms with E-state index in [1.54, 1.807) is 0 Å². The van der Waals surface area contributed by atoms with E-state index in [0.29, 0.717) is 30.6 Å². The monoisotopic (exact) mass is 287 g/mol. The van der Waals surface area contributed by atoms with Crippen molar-refractivity contribution in [3.8, 4) is 0 Å². The van der Waals surface area contributed by atoms with E-state index in [0.717, 1.165) is 0 Å². The number of aromatic nitrogens is 4. The number of hydrogen-bond donors (Lipinski definition) is 3. The highest BCUT2D eigenvalue weighted by Gasteiger charge is 2.12. The molecular formula is C9H14N5O4P. The van der Waals surface area contributed by atoms with Crippen LogP contribution in [0.2, 0.25) is 0 Å². The first-order valence-electron chi connectivity index (χ1n) is 5.59. The SMILES string of the molecule is Nc1ncnc2c1ncn2OCCCCP(=O)(O)O. The zero-order valence-corrected chi connectivity index (χ0v) is 10.9. The summed E-state index contributed by atoms with van der Waals surface area (Å²) in [7, 11) is -3.92. The summed E-state index contributed by atoms with van der Waals surface area (Å²) >= 11 is 0. The first kappa shape index (κ1) is 13.7. The van der Waals surface area contributed by atoms with E-state index in [-0.39, 0.29) is 12.0 Å². The Labute approximate surface area is 108 Å². The van der Waals surface area contributed by atoms with Gasteiger partial charge >= 0.3 is 7.60 Å². The van der Waals surface area contributed by atoms with Gasteiger partial charge < -0.3 is 20.4 Å². The Kier molecular flexibility index (Phi) is 3.98. The van der Waals surface area contributed by atoms with Crippen molar-refractivity contribution in [1.29, 1.82) is 0 Å². The molecule has 2 aromatic rings. The standard InChI is InChI=1S/C9H14N5O4P/c10-8-7-9(12-5-11-8)14(6-13-7)18-3-1-2-4-19(15,16)17/h5-6H,1-4H2,(H2,10,11,12)(H2,15,16,17). The molecule has 104 valence electrons. The van der Waals surface area contributed by atoms with Crippen molar-refractivity contribution >= 4 is 24.6 Å². The highest BCUT2D eigenvalue weighted by atomic mass is 31.2. The molecule has 0 amide bonds. The Balaban J connectivity index is 1.89. The fraction of sp³-hybridized carbons (Fsp3) is 0.444. The number of imidazole rings is 1. The third-order valence-corrected chi connectivity index (χ3v) is 3.30. The maximum absolute atomic E-state index is 10.6. The van der Waals surface area contributed by atoms with Crippen LogP contribution < -0.4 is 10.6 Å². The van der Waals surface area contributed by atoms with Gasteiger partial charge in [-0.15, -0.1) is 0 Å². The lowest BCUT2D eigenvalue weighted by Crippen LogP contribution is -2.12. The summed E-state index contributed by atoms with van der Waals surface area (Å²) < 4.78 is 12.0. The second kappa shape index (κ2) is 5.52. The molecule has 0 aliphatic carbocycles. The van der Waals surface area contributed by atoms with Gasteiger partial charge in [-0.3, -0.25) is 4.57 Å². The van der Waals surface area contributed by atoms with Crippen LogP contribution >= 0.6 is 7.60 Å². The van der Waals surface area contributed by atoms with E-state index in [2.05, 4.69) is 15.0 Å². The lowest BCUT2D eigenvalue weighted by atomic mass is 10.4. The molecular weight excluding hydrogens is 273 g/mol. The van der Waals surface area contributed by atoms with Crippen LogP contribution in [0, 0.1) is 0 Å². The number of fused-ring (bicyclic) bond motifs is 1. The minimum atomic E-state index is -3.92. The van der Waals surface area contributed by atoms with Crippen molar-refractivity contribution in [3.05, 3.63) is 12.7 Å². The number of nitrogen functional groups attached to an aromatic ring is 1. The number of nitrogens with two attached hydrogens (primary N) is 1. The van der Waals surface area contributed by atoms with Crippen LogP contribution in [-0.4, -0.2) is 42.2 Å². The molecule has 0 aliphatic rings. The van der Waals surface area contributed by atoms with Crippen LogP contribution in [0.25, 0.3) is 11.2 Å². The first-order valence-corrected chi connectivity index (χ1v) is 7.38. The van der Waals surface area contributed by atoms with Gasteiger partial charge in [0.1, 0.15) is 19.3 Å². The largest absolute Gasteiger partial charge is 0.411 e. The van der Waals surface area contributed by atoms with Crippen LogP contribution in [0.3, 0.4) is 0 Å². The molecule has 0 aliphatic heterocycles. The molecule has 0 saturated carbocycles. The van der Waals surface area contributed by atoms with Gasteiger partial charge in [0.15, 0.2) is 11.3 Å². The van der Waals surface area contributed by atoms with Crippen molar-refractivity contribution in [2.75, 3.05) is 18.5 Å². The van der Waals surface area contributed by atoms with Crippen LogP contribution in [0.5, 0.6) is 0 Å². The molecule has 2 heterocycles. The Morgan fingerprint density at radius 3 is 2.84 bits per heavy atom. The van der Waals surface area contributed by atoms with Crippen LogP contribution in [0.1, 0.15) is 12.8 Å². The smallest absolute Gasteiger partial charge is 0.325 e. The third kappa shape index (κ3) is 3.63. The molecule has 0 fully saturated rings. The summed E-state index contributed by atoms with van der Waals surface area (Å²) in [5, 5.41) is 0. The van der Waals surface area contributed by atoms with Crippen molar-refractivity contribution in [2.45, 2.75) is 12.8 Å². The maximum atomic E-state index is 10.6. The van der Waals surface area contributed by atoms with Crippen molar-refractivity contribution < 1.29 is 19.2 Å². The first-order chi connectivity index (χ1) is 8.97. The van der Waals surface area contributed by atoms with E-state index in [1.807, 2.05) is 0 Å². The van der Waals surface area contributed by atoms with Crippen molar-refractivity contribution in [3.63, 3.8) is 0 Å². The molecule has 10 heteroatoms. The molecule has 0 unspecified atom stereocenters. The predicted molar refractivity (Wildman–Crippen MR) is 67.3 cm³/mol. The van der Waals surface area contributed by atoms with E-state index >= 15 is 0 Å². The molecule has 0 bridgehead atoms. The molecule has 19 heavy (non-hydrogen) atoms. The van der Waals surface area contributed by atoms with Gasteiger partial charge in [-0.05, 0) is 12.8 Å². The molecule has 0 atom stereocenters. The zero-order chi connectivity index (χ0) is 13.9. The number of rotatable bonds is 6. The molecule has 0 radical (unpaired) electrons. The van der Waals surface area contributed by atoms with Gasteiger partial charge in [0.25, 0.3) is 0 Å². The predicted octanol–water partition coefficient (Wildman–Crippen LogP) is -0.205. The molecule has 2 aromatic heterocycles. The van der Waals surface area contributed by atoms with Gasteiger partial charge in [0, 0.05) is 6.16 Å². The fourth-order valence-electron chi connectivity index (χ4n) is 1.51. The highest BCUT2D eigenvalue weighted by Crippen LogP contribution is 2.35. The maximum Gasteiger partial charge on any atom is 0.325 e. The van der Waals surface area contributed by atoms with Crippen LogP contribution in [0.4, 0.5) is 5.82 Å². The fourth-order valence-corrected chi connectivity index (χ4v) is 2.15. The number of nitrogens with zero attached hydrogens (tertiary/aromatic N) is 4. The topological polar surface area (TPSA) is 136 Å². The zero-order valence-electron chi connectivity index (χ0n) is 10.0.